The molecular formula is C21H24FN3O4. The van der Waals surface area contributed by atoms with Crippen molar-refractivity contribution in [1.82, 2.24) is 9.88 Å². The number of rotatable bonds is 4. The lowest BCUT2D eigenvalue weighted by Gasteiger charge is -2.25. The fourth-order valence-corrected chi connectivity index (χ4v) is 4.95. The third-order valence-electron chi connectivity index (χ3n) is 6.49. The van der Waals surface area contributed by atoms with Gasteiger partial charge >= 0.3 is 5.97 Å². The topological polar surface area (TPSA) is 83.8 Å². The Morgan fingerprint density at radius 2 is 2.10 bits per heavy atom. The van der Waals surface area contributed by atoms with Gasteiger partial charge in [0.2, 0.25) is 5.43 Å². The lowest BCUT2D eigenvalue weighted by Crippen LogP contribution is -2.40. The predicted molar refractivity (Wildman–Crippen MR) is 107 cm³/mol. The highest BCUT2D eigenvalue weighted by molar-refractivity contribution is 5.97. The van der Waals surface area contributed by atoms with E-state index in [9.17, 15) is 14.7 Å². The van der Waals surface area contributed by atoms with E-state index in [-0.39, 0.29) is 17.0 Å². The van der Waals surface area contributed by atoms with Crippen molar-refractivity contribution in [3.05, 3.63) is 33.9 Å². The van der Waals surface area contributed by atoms with Gasteiger partial charge in [0.15, 0.2) is 11.6 Å². The van der Waals surface area contributed by atoms with Gasteiger partial charge in [-0.3, -0.25) is 4.79 Å². The van der Waals surface area contributed by atoms with Gasteiger partial charge in [-0.05, 0) is 44.2 Å². The van der Waals surface area contributed by atoms with Crippen LogP contribution in [0.5, 0.6) is 5.75 Å². The third kappa shape index (κ3) is 2.88. The summed E-state index contributed by atoms with van der Waals surface area (Å²) in [5, 5.41) is 13.0. The molecule has 0 radical (unpaired) electrons. The maximum absolute atomic E-state index is 15.3. The standard InChI is InChI=1S/C21H24FN3O4/c1-29-20-17-13(19(26)14(21(27)28)9-25(17)12-4-5-12)7-15(22)18(20)24-8-11-3-2-6-23-16(11)10-24/h7,9,11-12,16,23H,2-6,8,10H2,1H3,(H,27,28)/t11-,16+/m1/s1. The van der Waals surface area contributed by atoms with Gasteiger partial charge in [-0.1, -0.05) is 0 Å². The van der Waals surface area contributed by atoms with E-state index in [1.165, 1.54) is 19.4 Å². The van der Waals surface area contributed by atoms with Crippen molar-refractivity contribution in [2.75, 3.05) is 31.6 Å². The predicted octanol–water partition coefficient (Wildman–Crippen LogP) is 2.37. The Bertz CT molecular complexity index is 1050. The largest absolute Gasteiger partial charge is 0.492 e. The number of nitrogens with zero attached hydrogens (tertiary/aromatic N) is 2. The quantitative estimate of drug-likeness (QED) is 0.819. The number of carboxylic acid groups (broad SMARTS) is 1. The monoisotopic (exact) mass is 401 g/mol. The zero-order valence-corrected chi connectivity index (χ0v) is 16.3. The van der Waals surface area contributed by atoms with E-state index >= 15 is 4.39 Å². The minimum Gasteiger partial charge on any atom is -0.492 e. The first-order valence-corrected chi connectivity index (χ1v) is 10.2. The van der Waals surface area contributed by atoms with Crippen molar-refractivity contribution in [2.45, 2.75) is 37.8 Å². The summed E-state index contributed by atoms with van der Waals surface area (Å²) in [5.74, 6) is -1.07. The van der Waals surface area contributed by atoms with Crippen LogP contribution < -0.4 is 20.4 Å². The van der Waals surface area contributed by atoms with Crippen molar-refractivity contribution in [1.29, 1.82) is 0 Å². The normalized spacial score (nSPS) is 24.0. The molecule has 0 unspecified atom stereocenters. The Kier molecular flexibility index (Phi) is 4.27. The molecule has 2 aliphatic heterocycles. The molecule has 2 saturated heterocycles. The molecule has 2 N–H and O–H groups in total. The number of anilines is 1. The van der Waals surface area contributed by atoms with E-state index in [0.717, 1.165) is 38.8 Å². The highest BCUT2D eigenvalue weighted by Crippen LogP contribution is 2.45. The number of halogens is 1. The maximum Gasteiger partial charge on any atom is 0.341 e. The van der Waals surface area contributed by atoms with E-state index in [4.69, 9.17) is 4.74 Å². The van der Waals surface area contributed by atoms with Gasteiger partial charge in [0, 0.05) is 31.4 Å². The van der Waals surface area contributed by atoms with E-state index < -0.39 is 17.2 Å². The Morgan fingerprint density at radius 1 is 1.31 bits per heavy atom. The van der Waals surface area contributed by atoms with Crippen molar-refractivity contribution in [2.24, 2.45) is 5.92 Å². The van der Waals surface area contributed by atoms with Gasteiger partial charge in [-0.2, -0.15) is 0 Å². The summed E-state index contributed by atoms with van der Waals surface area (Å²) in [6.45, 7) is 2.40. The van der Waals surface area contributed by atoms with Crippen LogP contribution in [0, 0.1) is 11.7 Å². The number of pyridine rings is 1. The van der Waals surface area contributed by atoms with Crippen LogP contribution in [0.2, 0.25) is 0 Å². The molecule has 1 aromatic heterocycles. The summed E-state index contributed by atoms with van der Waals surface area (Å²) in [7, 11) is 1.48. The van der Waals surface area contributed by atoms with E-state index in [1.54, 1.807) is 4.57 Å². The molecule has 1 aromatic carbocycles. The molecule has 1 saturated carbocycles. The number of methoxy groups -OCH3 is 1. The van der Waals surface area contributed by atoms with Crippen molar-refractivity contribution < 1.29 is 19.0 Å². The van der Waals surface area contributed by atoms with Crippen LogP contribution in [-0.2, 0) is 0 Å². The minimum atomic E-state index is -1.30. The summed E-state index contributed by atoms with van der Waals surface area (Å²) in [6, 6.07) is 1.62. The van der Waals surface area contributed by atoms with Crippen molar-refractivity contribution in [3.63, 3.8) is 0 Å². The van der Waals surface area contributed by atoms with E-state index in [0.29, 0.717) is 35.5 Å². The number of carbonyl (C=O) groups is 1. The van der Waals surface area contributed by atoms with Gasteiger partial charge < -0.3 is 24.6 Å². The fraction of sp³-hybridized carbons (Fsp3) is 0.524. The van der Waals surface area contributed by atoms with Gasteiger partial charge in [0.05, 0.1) is 18.0 Å². The molecule has 0 amide bonds. The number of piperidine rings is 1. The Labute approximate surface area is 167 Å². The average molecular weight is 401 g/mol. The van der Waals surface area contributed by atoms with Crippen LogP contribution >= 0.6 is 0 Å². The number of fused-ring (bicyclic) bond motifs is 2. The van der Waals surface area contributed by atoms with Crippen LogP contribution in [-0.4, -0.2) is 48.4 Å². The van der Waals surface area contributed by atoms with Gasteiger partial charge in [0.1, 0.15) is 11.3 Å². The van der Waals surface area contributed by atoms with E-state index in [1.807, 2.05) is 4.90 Å². The molecule has 3 aliphatic rings. The first kappa shape index (κ1) is 18.4. The molecule has 0 spiro atoms. The summed E-state index contributed by atoms with van der Waals surface area (Å²) >= 11 is 0. The second-order valence-corrected chi connectivity index (χ2v) is 8.32. The molecule has 2 atom stereocenters. The molecule has 154 valence electrons. The SMILES string of the molecule is COc1c(N2C[C@H]3CCCN[C@H]3C2)c(F)cc2c(=O)c(C(=O)O)cn(C3CC3)c12. The van der Waals surface area contributed by atoms with Crippen LogP contribution in [0.4, 0.5) is 10.1 Å². The molecule has 2 aromatic rings. The molecular weight excluding hydrogens is 377 g/mol. The number of ether oxygens (including phenoxy) is 1. The summed E-state index contributed by atoms with van der Waals surface area (Å²) in [4.78, 5) is 26.4. The highest BCUT2D eigenvalue weighted by Gasteiger charge is 2.38. The summed E-state index contributed by atoms with van der Waals surface area (Å²) < 4.78 is 22.8. The zero-order chi connectivity index (χ0) is 20.3. The average Bonchev–Trinajstić information content (AvgIpc) is 3.45. The Hall–Kier alpha value is -2.61. The molecule has 5 rings (SSSR count). The van der Waals surface area contributed by atoms with Gasteiger partial charge in [-0.25, -0.2) is 9.18 Å². The van der Waals surface area contributed by atoms with Crippen molar-refractivity contribution in [3.8, 4) is 5.75 Å². The van der Waals surface area contributed by atoms with E-state index in [2.05, 4.69) is 5.32 Å². The molecule has 8 heteroatoms. The lowest BCUT2D eigenvalue weighted by molar-refractivity contribution is 0.0695. The van der Waals surface area contributed by atoms with Crippen LogP contribution in [0.15, 0.2) is 17.1 Å². The molecule has 3 fully saturated rings. The Balaban J connectivity index is 1.73. The van der Waals surface area contributed by atoms with Crippen LogP contribution in [0.3, 0.4) is 0 Å². The maximum atomic E-state index is 15.3. The number of nitrogens with one attached hydrogen (secondary N) is 1. The molecule has 7 nitrogen and oxygen atoms in total. The number of hydrogen-bond acceptors (Lipinski definition) is 5. The highest BCUT2D eigenvalue weighted by atomic mass is 19.1. The van der Waals surface area contributed by atoms with Crippen molar-refractivity contribution >= 4 is 22.6 Å². The molecule has 29 heavy (non-hydrogen) atoms. The van der Waals surface area contributed by atoms with Gasteiger partial charge in [0.25, 0.3) is 0 Å². The number of hydrogen-bond donors (Lipinski definition) is 2. The third-order valence-corrected chi connectivity index (χ3v) is 6.49. The first-order valence-electron chi connectivity index (χ1n) is 10.2. The van der Waals surface area contributed by atoms with Crippen LogP contribution in [0.1, 0.15) is 42.1 Å². The molecule has 1 aliphatic carbocycles. The van der Waals surface area contributed by atoms with Gasteiger partial charge in [-0.15, -0.1) is 0 Å². The lowest BCUT2D eigenvalue weighted by atomic mass is 9.94. The first-order chi connectivity index (χ1) is 14.0. The zero-order valence-electron chi connectivity index (χ0n) is 16.3. The smallest absolute Gasteiger partial charge is 0.341 e. The number of aromatic carboxylic acids is 1. The summed E-state index contributed by atoms with van der Waals surface area (Å²) in [6.07, 6.45) is 5.40. The number of benzene rings is 1. The Morgan fingerprint density at radius 3 is 2.76 bits per heavy atom. The number of aromatic nitrogens is 1. The second kappa shape index (κ2) is 6.73. The summed E-state index contributed by atoms with van der Waals surface area (Å²) in [5.41, 5.74) is -0.155. The van der Waals surface area contributed by atoms with Crippen LogP contribution in [0.25, 0.3) is 10.9 Å². The second-order valence-electron chi connectivity index (χ2n) is 8.32. The number of carboxylic acids is 1. The fourth-order valence-electron chi connectivity index (χ4n) is 4.95. The molecule has 3 heterocycles. The minimum absolute atomic E-state index is 0.0599. The molecule has 0 bridgehead atoms.